The number of alkyl halides is 3. The van der Waals surface area contributed by atoms with E-state index in [0.717, 1.165) is 44.3 Å². The Labute approximate surface area is 375 Å². The van der Waals surface area contributed by atoms with Gasteiger partial charge < -0.3 is 9.05 Å². The Kier molecular flexibility index (Phi) is 17.1. The summed E-state index contributed by atoms with van der Waals surface area (Å²) in [5.74, 6) is 0. The van der Waals surface area contributed by atoms with Crippen LogP contribution in [-0.2, 0) is 26.0 Å². The summed E-state index contributed by atoms with van der Waals surface area (Å²) in [5, 5.41) is 2.07. The molecule has 0 radical (unpaired) electrons. The number of benzene rings is 6. The number of nitrogens with zero attached hydrogens (tertiary/aromatic N) is 2. The van der Waals surface area contributed by atoms with Gasteiger partial charge in [-0.2, -0.15) is 13.2 Å². The first-order valence-corrected chi connectivity index (χ1v) is 23.3. The molecule has 0 amide bonds. The van der Waals surface area contributed by atoms with E-state index in [-0.39, 0.29) is 25.4 Å². The number of aldehydes is 1. The molecular formula is C51H50F3N2O4PS2. The minimum Gasteiger partial charge on any atom is -0.309 e. The molecule has 0 unspecified atom stereocenters. The molecule has 0 bridgehead atoms. The summed E-state index contributed by atoms with van der Waals surface area (Å²) in [5.41, 5.74) is 10.3. The van der Waals surface area contributed by atoms with Crippen molar-refractivity contribution in [2.45, 2.75) is 54.4 Å². The van der Waals surface area contributed by atoms with Gasteiger partial charge in [0.25, 0.3) is 0 Å². The van der Waals surface area contributed by atoms with Crippen LogP contribution in [0, 0.1) is 20.8 Å². The Bertz CT molecular complexity index is 2820. The second-order valence-corrected chi connectivity index (χ2v) is 18.4. The van der Waals surface area contributed by atoms with E-state index in [2.05, 4.69) is 118 Å². The van der Waals surface area contributed by atoms with Crippen molar-refractivity contribution in [2.24, 2.45) is 0 Å². The van der Waals surface area contributed by atoms with Gasteiger partial charge in [-0.15, -0.1) is 22.7 Å². The molecule has 8 aromatic rings. The number of hydrogen-bond donors (Lipinski definition) is 0. The van der Waals surface area contributed by atoms with Gasteiger partial charge in [-0.25, -0.2) is 9.97 Å². The lowest BCUT2D eigenvalue weighted by molar-refractivity contribution is -0.137. The van der Waals surface area contributed by atoms with Crippen LogP contribution in [0.1, 0.15) is 70.6 Å². The molecule has 0 N–H and O–H groups in total. The van der Waals surface area contributed by atoms with Crippen molar-refractivity contribution in [1.29, 1.82) is 0 Å². The van der Waals surface area contributed by atoms with Crippen molar-refractivity contribution in [1.82, 2.24) is 9.97 Å². The Morgan fingerprint density at radius 2 is 1.13 bits per heavy atom. The van der Waals surface area contributed by atoms with Gasteiger partial charge in [0.1, 0.15) is 10.0 Å². The van der Waals surface area contributed by atoms with Crippen LogP contribution in [0.4, 0.5) is 13.2 Å². The second-order valence-electron chi connectivity index (χ2n) is 14.3. The van der Waals surface area contributed by atoms with Gasteiger partial charge in [0.05, 0.1) is 45.4 Å². The molecule has 0 aliphatic heterocycles. The summed E-state index contributed by atoms with van der Waals surface area (Å²) in [6, 6.07) is 42.4. The van der Waals surface area contributed by atoms with Crippen LogP contribution in [0.2, 0.25) is 0 Å². The van der Waals surface area contributed by atoms with E-state index >= 15 is 0 Å². The zero-order valence-electron chi connectivity index (χ0n) is 35.0. The molecule has 8 rings (SSSR count). The third-order valence-corrected chi connectivity index (χ3v) is 13.7. The fraction of sp³-hybridized carbons (Fsp3) is 0.196. The van der Waals surface area contributed by atoms with E-state index < -0.39 is 19.3 Å². The first-order valence-electron chi connectivity index (χ1n) is 19.9. The number of rotatable bonds is 11. The van der Waals surface area contributed by atoms with Crippen molar-refractivity contribution in [2.75, 3.05) is 13.2 Å². The summed E-state index contributed by atoms with van der Waals surface area (Å²) >= 11 is 3.44. The van der Waals surface area contributed by atoms with Crippen LogP contribution < -0.4 is 0 Å². The van der Waals surface area contributed by atoms with Gasteiger partial charge in [-0.05, 0) is 98.3 Å². The Hall–Kier alpha value is -5.55. The molecular weight excluding hydrogens is 857 g/mol. The largest absolute Gasteiger partial charge is 0.417 e. The van der Waals surface area contributed by atoms with Crippen molar-refractivity contribution in [3.63, 3.8) is 0 Å². The average Bonchev–Trinajstić information content (AvgIpc) is 3.88. The molecule has 0 atom stereocenters. The number of halogens is 3. The molecule has 0 fully saturated rings. The summed E-state index contributed by atoms with van der Waals surface area (Å²) in [6.45, 7) is 10.7. The Balaban J connectivity index is 0.000000188. The van der Waals surface area contributed by atoms with E-state index in [1.165, 1.54) is 54.9 Å². The van der Waals surface area contributed by atoms with E-state index in [1.807, 2.05) is 38.1 Å². The SMILES string of the molecule is C.CCOP(=O)(Cc1ccc(-c2nc3ccc(C)cc3s2)cc1)OCC.Cc1ccc2nc(-c3ccc(/C=C/c4ccccc4C)cc3)sc2c1.O=Cc1ccccc1C(F)(F)F. The molecule has 0 spiro atoms. The molecule has 0 aliphatic rings. The highest BCUT2D eigenvalue weighted by Gasteiger charge is 2.32. The van der Waals surface area contributed by atoms with Crippen LogP contribution in [-0.4, -0.2) is 29.5 Å². The first kappa shape index (κ1) is 48.5. The van der Waals surface area contributed by atoms with Gasteiger partial charge in [0, 0.05) is 16.7 Å². The van der Waals surface area contributed by atoms with Crippen molar-refractivity contribution in [3.05, 3.63) is 178 Å². The molecule has 326 valence electrons. The molecule has 63 heavy (non-hydrogen) atoms. The normalized spacial score (nSPS) is 11.4. The average molecular weight is 907 g/mol. The van der Waals surface area contributed by atoms with Crippen LogP contribution in [0.3, 0.4) is 0 Å². The Morgan fingerprint density at radius 1 is 0.635 bits per heavy atom. The fourth-order valence-electron chi connectivity index (χ4n) is 6.36. The number of carbonyl (C=O) groups is 1. The van der Waals surface area contributed by atoms with Crippen LogP contribution in [0.5, 0.6) is 0 Å². The molecule has 12 heteroatoms. The second kappa shape index (κ2) is 22.2. The highest BCUT2D eigenvalue weighted by Crippen LogP contribution is 2.51. The fourth-order valence-corrected chi connectivity index (χ4v) is 10.2. The smallest absolute Gasteiger partial charge is 0.309 e. The number of aryl methyl sites for hydroxylation is 3. The van der Waals surface area contributed by atoms with Gasteiger partial charge in [-0.1, -0.05) is 123 Å². The number of hydrogen-bond acceptors (Lipinski definition) is 8. The number of carbonyl (C=O) groups excluding carboxylic acids is 1. The highest BCUT2D eigenvalue weighted by molar-refractivity contribution is 7.53. The predicted molar refractivity (Wildman–Crippen MR) is 258 cm³/mol. The van der Waals surface area contributed by atoms with Crippen molar-refractivity contribution in [3.8, 4) is 21.1 Å². The minimum absolute atomic E-state index is 0. The zero-order chi connectivity index (χ0) is 44.3. The van der Waals surface area contributed by atoms with E-state index in [1.54, 1.807) is 22.7 Å². The third kappa shape index (κ3) is 13.2. The van der Waals surface area contributed by atoms with Crippen LogP contribution >= 0.6 is 30.3 Å². The molecule has 2 aromatic heterocycles. The minimum atomic E-state index is -4.45. The maximum Gasteiger partial charge on any atom is 0.417 e. The van der Waals surface area contributed by atoms with Gasteiger partial charge in [0.15, 0.2) is 6.29 Å². The molecule has 0 saturated heterocycles. The van der Waals surface area contributed by atoms with E-state index in [0.29, 0.717) is 13.2 Å². The van der Waals surface area contributed by atoms with Crippen LogP contribution in [0.15, 0.2) is 133 Å². The standard InChI is InChI=1S/C23H19NS.C19H22NO3PS.C8H5F3O.CH4/c1-16-7-14-21-22(15-16)25-23(24-21)20-12-9-18(10-13-20)8-11-19-6-4-3-5-17(19)2;1-4-22-24(21,23-5-2)13-15-7-9-16(10-8-15)19-20-17-11-6-14(3)12-18(17)25-19;9-8(10,11)7-4-2-1-3-6(7)5-12;/h3-15H,1-2H3;6-12H,4-5,13H2,1-3H3;1-5H;1H4/b11-8+;;;. The first-order chi connectivity index (χ1) is 29.8. The number of thiazole rings is 2. The third-order valence-electron chi connectivity index (χ3n) is 9.51. The lowest BCUT2D eigenvalue weighted by Crippen LogP contribution is -2.08. The lowest BCUT2D eigenvalue weighted by Gasteiger charge is -2.17. The van der Waals surface area contributed by atoms with Gasteiger partial charge >= 0.3 is 13.8 Å². The lowest BCUT2D eigenvalue weighted by atomic mass is 10.1. The maximum absolute atomic E-state index is 12.6. The number of fused-ring (bicyclic) bond motifs is 2. The number of aromatic nitrogens is 2. The quantitative estimate of drug-likeness (QED) is 0.0731. The monoisotopic (exact) mass is 906 g/mol. The van der Waals surface area contributed by atoms with Crippen LogP contribution in [0.25, 0.3) is 53.7 Å². The molecule has 6 nitrogen and oxygen atoms in total. The summed E-state index contributed by atoms with van der Waals surface area (Å²) in [7, 11) is -3.07. The van der Waals surface area contributed by atoms with Crippen molar-refractivity contribution < 1.29 is 31.6 Å². The molecule has 6 aromatic carbocycles. The van der Waals surface area contributed by atoms with E-state index in [9.17, 15) is 22.5 Å². The maximum atomic E-state index is 12.6. The highest BCUT2D eigenvalue weighted by atomic mass is 32.1. The Morgan fingerprint density at radius 3 is 1.60 bits per heavy atom. The molecule has 0 saturated carbocycles. The molecule has 2 heterocycles. The predicted octanol–water partition coefficient (Wildman–Crippen LogP) is 15.9. The summed E-state index contributed by atoms with van der Waals surface area (Å²) < 4.78 is 62.0. The van der Waals surface area contributed by atoms with Crippen molar-refractivity contribution >= 4 is 69.1 Å². The van der Waals surface area contributed by atoms with E-state index in [4.69, 9.17) is 19.0 Å². The zero-order valence-corrected chi connectivity index (χ0v) is 37.5. The summed E-state index contributed by atoms with van der Waals surface area (Å²) in [4.78, 5) is 19.6. The molecule has 0 aliphatic carbocycles. The summed E-state index contributed by atoms with van der Waals surface area (Å²) in [6.07, 6.45) is 0.368. The topological polar surface area (TPSA) is 78.4 Å². The van der Waals surface area contributed by atoms with Gasteiger partial charge in [-0.3, -0.25) is 9.36 Å². The van der Waals surface area contributed by atoms with Gasteiger partial charge in [0.2, 0.25) is 0 Å².